The van der Waals surface area contributed by atoms with Crippen LogP contribution in [0.4, 0.5) is 18.9 Å². The predicted octanol–water partition coefficient (Wildman–Crippen LogP) is 5.27. The largest absolute Gasteiger partial charge is 0.573 e. The van der Waals surface area contributed by atoms with Crippen LogP contribution >= 0.6 is 15.9 Å². The van der Waals surface area contributed by atoms with E-state index in [1.165, 1.54) is 12.1 Å². The normalized spacial score (nSPS) is 11.3. The van der Waals surface area contributed by atoms with Gasteiger partial charge in [0, 0.05) is 11.0 Å². The number of ether oxygens (including phenoxy) is 1. The van der Waals surface area contributed by atoms with Gasteiger partial charge in [0.2, 0.25) is 0 Å². The minimum atomic E-state index is -4.70. The highest BCUT2D eigenvalue weighted by Gasteiger charge is 2.32. The van der Waals surface area contributed by atoms with Gasteiger partial charge in [-0.15, -0.1) is 13.2 Å². The molecule has 112 valence electrons. The summed E-state index contributed by atoms with van der Waals surface area (Å²) in [4.78, 5) is 0. The van der Waals surface area contributed by atoms with Gasteiger partial charge in [-0.3, -0.25) is 0 Å². The van der Waals surface area contributed by atoms with E-state index in [9.17, 15) is 13.2 Å². The Bertz CT molecular complexity index is 629. The predicted molar refractivity (Wildman–Crippen MR) is 79.3 cm³/mol. The summed E-state index contributed by atoms with van der Waals surface area (Å²) >= 11 is 3.43. The second kappa shape index (κ2) is 6.39. The topological polar surface area (TPSA) is 21.3 Å². The van der Waals surface area contributed by atoms with Crippen LogP contribution in [0.3, 0.4) is 0 Å². The maximum absolute atomic E-state index is 12.3. The van der Waals surface area contributed by atoms with Crippen LogP contribution in [0.25, 0.3) is 0 Å². The van der Waals surface area contributed by atoms with Crippen LogP contribution in [0.5, 0.6) is 5.75 Å². The molecular formula is C15H13BrF3NO. The average Bonchev–Trinajstić information content (AvgIpc) is 2.40. The minimum absolute atomic E-state index is 0.240. The first-order chi connectivity index (χ1) is 9.85. The standard InChI is InChI=1S/C15H13BrF3NO/c1-10-6-7-11(8-12(10)16)9-20-13-4-2-3-5-14(13)21-15(17,18)19/h2-8,20H,9H2,1H3. The maximum atomic E-state index is 12.3. The molecule has 0 unspecified atom stereocenters. The quantitative estimate of drug-likeness (QED) is 0.802. The van der Waals surface area contributed by atoms with E-state index in [-0.39, 0.29) is 5.75 Å². The van der Waals surface area contributed by atoms with Gasteiger partial charge in [0.15, 0.2) is 5.75 Å². The number of halogens is 4. The van der Waals surface area contributed by atoms with Crippen molar-refractivity contribution in [1.29, 1.82) is 0 Å². The summed E-state index contributed by atoms with van der Waals surface area (Å²) in [5.41, 5.74) is 2.35. The second-order valence-corrected chi connectivity index (χ2v) is 5.34. The Balaban J connectivity index is 2.11. The summed E-state index contributed by atoms with van der Waals surface area (Å²) < 4.78 is 41.9. The molecule has 2 rings (SSSR count). The van der Waals surface area contributed by atoms with Gasteiger partial charge in [-0.25, -0.2) is 0 Å². The monoisotopic (exact) mass is 359 g/mol. The van der Waals surface area contributed by atoms with E-state index >= 15 is 0 Å². The molecule has 6 heteroatoms. The second-order valence-electron chi connectivity index (χ2n) is 4.48. The molecule has 0 aromatic heterocycles. The fraction of sp³-hybridized carbons (Fsp3) is 0.200. The van der Waals surface area contributed by atoms with Crippen LogP contribution in [0.1, 0.15) is 11.1 Å². The van der Waals surface area contributed by atoms with Gasteiger partial charge in [0.25, 0.3) is 0 Å². The molecule has 0 radical (unpaired) electrons. The smallest absolute Gasteiger partial charge is 0.404 e. The SMILES string of the molecule is Cc1ccc(CNc2ccccc2OC(F)(F)F)cc1Br. The third-order valence-corrected chi connectivity index (χ3v) is 3.69. The minimum Gasteiger partial charge on any atom is -0.404 e. The Labute approximate surface area is 129 Å². The first-order valence-electron chi connectivity index (χ1n) is 6.19. The lowest BCUT2D eigenvalue weighted by Gasteiger charge is -2.14. The number of para-hydroxylation sites is 2. The van der Waals surface area contributed by atoms with Gasteiger partial charge < -0.3 is 10.1 Å². The number of alkyl halides is 3. The van der Waals surface area contributed by atoms with Crippen molar-refractivity contribution in [3.05, 3.63) is 58.1 Å². The zero-order valence-corrected chi connectivity index (χ0v) is 12.8. The summed E-state index contributed by atoms with van der Waals surface area (Å²) in [7, 11) is 0. The highest BCUT2D eigenvalue weighted by atomic mass is 79.9. The molecule has 0 atom stereocenters. The van der Waals surface area contributed by atoms with Crippen molar-refractivity contribution in [2.75, 3.05) is 5.32 Å². The molecule has 0 aliphatic carbocycles. The number of nitrogens with one attached hydrogen (secondary N) is 1. The Kier molecular flexibility index (Phi) is 4.77. The molecule has 21 heavy (non-hydrogen) atoms. The van der Waals surface area contributed by atoms with Gasteiger partial charge in [-0.05, 0) is 36.2 Å². The number of anilines is 1. The van der Waals surface area contributed by atoms with E-state index < -0.39 is 6.36 Å². The van der Waals surface area contributed by atoms with Crippen LogP contribution in [-0.2, 0) is 6.54 Å². The third kappa shape index (κ3) is 4.67. The number of hydrogen-bond acceptors (Lipinski definition) is 2. The van der Waals surface area contributed by atoms with Crippen LogP contribution in [0, 0.1) is 6.92 Å². The van der Waals surface area contributed by atoms with Crippen molar-refractivity contribution in [2.45, 2.75) is 19.8 Å². The molecule has 0 spiro atoms. The summed E-state index contributed by atoms with van der Waals surface area (Å²) in [6.07, 6.45) is -4.70. The molecule has 0 heterocycles. The molecule has 0 fully saturated rings. The Hall–Kier alpha value is -1.69. The van der Waals surface area contributed by atoms with Crippen molar-refractivity contribution in [1.82, 2.24) is 0 Å². The number of hydrogen-bond donors (Lipinski definition) is 1. The Morgan fingerprint density at radius 1 is 1.14 bits per heavy atom. The molecule has 0 aliphatic heterocycles. The van der Waals surface area contributed by atoms with Gasteiger partial charge in [-0.2, -0.15) is 0 Å². The maximum Gasteiger partial charge on any atom is 0.573 e. The van der Waals surface area contributed by atoms with Crippen molar-refractivity contribution < 1.29 is 17.9 Å². The van der Waals surface area contributed by atoms with E-state index in [4.69, 9.17) is 0 Å². The lowest BCUT2D eigenvalue weighted by molar-refractivity contribution is -0.274. The van der Waals surface area contributed by atoms with Crippen LogP contribution in [0.2, 0.25) is 0 Å². The Morgan fingerprint density at radius 3 is 2.52 bits per heavy atom. The fourth-order valence-corrected chi connectivity index (χ4v) is 2.20. The molecule has 0 saturated carbocycles. The van der Waals surface area contributed by atoms with Crippen molar-refractivity contribution in [3.63, 3.8) is 0 Å². The van der Waals surface area contributed by atoms with E-state index in [1.807, 2.05) is 25.1 Å². The first-order valence-corrected chi connectivity index (χ1v) is 6.98. The highest BCUT2D eigenvalue weighted by Crippen LogP contribution is 2.30. The molecule has 0 bridgehead atoms. The summed E-state index contributed by atoms with van der Waals surface area (Å²) in [6.45, 7) is 2.37. The van der Waals surface area contributed by atoms with Crippen LogP contribution < -0.4 is 10.1 Å². The Morgan fingerprint density at radius 2 is 1.86 bits per heavy atom. The number of benzene rings is 2. The van der Waals surface area contributed by atoms with Gasteiger partial charge in [0.05, 0.1) is 5.69 Å². The molecule has 2 nitrogen and oxygen atoms in total. The molecule has 0 aliphatic rings. The van der Waals surface area contributed by atoms with Gasteiger partial charge in [0.1, 0.15) is 0 Å². The van der Waals surface area contributed by atoms with Crippen molar-refractivity contribution >= 4 is 21.6 Å². The van der Waals surface area contributed by atoms with E-state index in [0.29, 0.717) is 12.2 Å². The third-order valence-electron chi connectivity index (χ3n) is 2.83. The van der Waals surface area contributed by atoms with Crippen LogP contribution in [-0.4, -0.2) is 6.36 Å². The van der Waals surface area contributed by atoms with Gasteiger partial charge in [-0.1, -0.05) is 40.2 Å². The average molecular weight is 360 g/mol. The van der Waals surface area contributed by atoms with E-state index in [2.05, 4.69) is 26.0 Å². The molecule has 0 saturated heterocycles. The molecular weight excluding hydrogens is 347 g/mol. The highest BCUT2D eigenvalue weighted by molar-refractivity contribution is 9.10. The molecule has 0 amide bonds. The summed E-state index contributed by atoms with van der Waals surface area (Å²) in [6, 6.07) is 11.8. The molecule has 2 aromatic carbocycles. The summed E-state index contributed by atoms with van der Waals surface area (Å²) in [5, 5.41) is 2.95. The fourth-order valence-electron chi connectivity index (χ4n) is 1.77. The zero-order chi connectivity index (χ0) is 15.5. The number of aryl methyl sites for hydroxylation is 1. The number of rotatable bonds is 4. The van der Waals surface area contributed by atoms with E-state index in [1.54, 1.807) is 12.1 Å². The lowest BCUT2D eigenvalue weighted by atomic mass is 10.1. The van der Waals surface area contributed by atoms with E-state index in [0.717, 1.165) is 15.6 Å². The van der Waals surface area contributed by atoms with Gasteiger partial charge >= 0.3 is 6.36 Å². The zero-order valence-electron chi connectivity index (χ0n) is 11.2. The molecule has 2 aromatic rings. The van der Waals surface area contributed by atoms with Crippen molar-refractivity contribution in [2.24, 2.45) is 0 Å². The summed E-state index contributed by atoms with van der Waals surface area (Å²) in [5.74, 6) is -0.240. The van der Waals surface area contributed by atoms with Crippen LogP contribution in [0.15, 0.2) is 46.9 Å². The molecule has 1 N–H and O–H groups in total. The van der Waals surface area contributed by atoms with Crippen molar-refractivity contribution in [3.8, 4) is 5.75 Å². The first kappa shape index (κ1) is 15.7. The lowest BCUT2D eigenvalue weighted by Crippen LogP contribution is -2.18.